The van der Waals surface area contributed by atoms with Crippen molar-refractivity contribution in [2.24, 2.45) is 0 Å². The lowest BCUT2D eigenvalue weighted by Crippen LogP contribution is -2.38. The highest BCUT2D eigenvalue weighted by molar-refractivity contribution is 5.14. The fourth-order valence-electron chi connectivity index (χ4n) is 2.78. The summed E-state index contributed by atoms with van der Waals surface area (Å²) in [4.78, 5) is 2.45. The molecule has 17 heavy (non-hydrogen) atoms. The van der Waals surface area contributed by atoms with E-state index in [0.717, 1.165) is 13.1 Å². The smallest absolute Gasteiger partial charge is 0.0558 e. The van der Waals surface area contributed by atoms with E-state index in [0.29, 0.717) is 6.04 Å². The summed E-state index contributed by atoms with van der Waals surface area (Å²) in [6.07, 6.45) is 6.68. The molecule has 1 N–H and O–H groups in total. The molecule has 0 saturated heterocycles. The number of hydrogen-bond acceptors (Lipinski definition) is 2. The van der Waals surface area contributed by atoms with Crippen LogP contribution in [0.2, 0.25) is 0 Å². The van der Waals surface area contributed by atoms with Crippen molar-refractivity contribution in [3.05, 3.63) is 35.9 Å². The largest absolute Gasteiger partial charge is 0.395 e. The molecule has 0 amide bonds. The van der Waals surface area contributed by atoms with Crippen molar-refractivity contribution in [2.75, 3.05) is 13.2 Å². The van der Waals surface area contributed by atoms with Crippen LogP contribution in [-0.2, 0) is 6.54 Å². The van der Waals surface area contributed by atoms with Gasteiger partial charge in [0, 0.05) is 19.1 Å². The van der Waals surface area contributed by atoms with Gasteiger partial charge in [0.1, 0.15) is 0 Å². The Labute approximate surface area is 104 Å². The molecule has 0 heterocycles. The van der Waals surface area contributed by atoms with Gasteiger partial charge in [-0.2, -0.15) is 0 Å². The van der Waals surface area contributed by atoms with Crippen LogP contribution < -0.4 is 0 Å². The number of aliphatic hydroxyl groups is 1. The second-order valence-electron chi connectivity index (χ2n) is 4.97. The number of rotatable bonds is 5. The Morgan fingerprint density at radius 3 is 2.41 bits per heavy atom. The highest BCUT2D eigenvalue weighted by Crippen LogP contribution is 2.23. The van der Waals surface area contributed by atoms with Crippen molar-refractivity contribution in [2.45, 2.75) is 44.7 Å². The zero-order valence-corrected chi connectivity index (χ0v) is 10.5. The maximum atomic E-state index is 9.20. The van der Waals surface area contributed by atoms with Gasteiger partial charge in [0.15, 0.2) is 0 Å². The SMILES string of the molecule is OCCN(Cc1ccccc1)C1CCCCC1. The lowest BCUT2D eigenvalue weighted by atomic mass is 9.94. The van der Waals surface area contributed by atoms with Crippen molar-refractivity contribution >= 4 is 0 Å². The summed E-state index contributed by atoms with van der Waals surface area (Å²) in [5.74, 6) is 0. The molecule has 1 saturated carbocycles. The third kappa shape index (κ3) is 3.83. The summed E-state index contributed by atoms with van der Waals surface area (Å²) in [7, 11) is 0. The van der Waals surface area contributed by atoms with E-state index < -0.39 is 0 Å². The molecule has 0 radical (unpaired) electrons. The lowest BCUT2D eigenvalue weighted by molar-refractivity contribution is 0.117. The van der Waals surface area contributed by atoms with Crippen molar-refractivity contribution in [3.8, 4) is 0 Å². The third-order valence-corrected chi connectivity index (χ3v) is 3.71. The Morgan fingerprint density at radius 2 is 1.76 bits per heavy atom. The molecule has 0 atom stereocenters. The van der Waals surface area contributed by atoms with E-state index in [-0.39, 0.29) is 6.61 Å². The fourth-order valence-corrected chi connectivity index (χ4v) is 2.78. The lowest BCUT2D eigenvalue weighted by Gasteiger charge is -2.34. The summed E-state index contributed by atoms with van der Waals surface area (Å²) in [5.41, 5.74) is 1.35. The average Bonchev–Trinajstić information content (AvgIpc) is 2.40. The van der Waals surface area contributed by atoms with E-state index in [9.17, 15) is 5.11 Å². The standard InChI is InChI=1S/C15H23NO/c17-12-11-16(15-9-5-2-6-10-15)13-14-7-3-1-4-8-14/h1,3-4,7-8,15,17H,2,5-6,9-13H2. The Bertz CT molecular complexity index is 306. The van der Waals surface area contributed by atoms with Gasteiger partial charge >= 0.3 is 0 Å². The average molecular weight is 233 g/mol. The van der Waals surface area contributed by atoms with E-state index in [1.54, 1.807) is 0 Å². The predicted octanol–water partition coefficient (Wildman–Crippen LogP) is 2.81. The first-order valence-corrected chi connectivity index (χ1v) is 6.79. The molecule has 1 aliphatic carbocycles. The maximum absolute atomic E-state index is 9.20. The van der Waals surface area contributed by atoms with Gasteiger partial charge in [-0.3, -0.25) is 4.90 Å². The van der Waals surface area contributed by atoms with Crippen molar-refractivity contribution < 1.29 is 5.11 Å². The molecule has 94 valence electrons. The minimum absolute atomic E-state index is 0.267. The van der Waals surface area contributed by atoms with E-state index in [4.69, 9.17) is 0 Å². The molecule has 1 fully saturated rings. The molecule has 0 spiro atoms. The van der Waals surface area contributed by atoms with Gasteiger partial charge in [0.05, 0.1) is 6.61 Å². The Balaban J connectivity index is 1.96. The number of hydrogen-bond donors (Lipinski definition) is 1. The van der Waals surface area contributed by atoms with Crippen LogP contribution in [0.1, 0.15) is 37.7 Å². The molecule has 0 unspecified atom stereocenters. The normalized spacial score (nSPS) is 17.5. The predicted molar refractivity (Wildman–Crippen MR) is 70.8 cm³/mol. The van der Waals surface area contributed by atoms with Gasteiger partial charge in [-0.15, -0.1) is 0 Å². The molecule has 2 rings (SSSR count). The highest BCUT2D eigenvalue weighted by atomic mass is 16.3. The first kappa shape index (κ1) is 12.6. The Kier molecular flexibility index (Phi) is 5.02. The zero-order chi connectivity index (χ0) is 11.9. The van der Waals surface area contributed by atoms with E-state index in [1.165, 1.54) is 37.7 Å². The molecule has 1 aromatic rings. The summed E-state index contributed by atoms with van der Waals surface area (Å²) in [6, 6.07) is 11.3. The van der Waals surface area contributed by atoms with Crippen LogP contribution in [0, 0.1) is 0 Å². The van der Waals surface area contributed by atoms with Gasteiger partial charge < -0.3 is 5.11 Å². The summed E-state index contributed by atoms with van der Waals surface area (Å²) in [6.45, 7) is 2.05. The molecule has 2 nitrogen and oxygen atoms in total. The number of benzene rings is 1. The van der Waals surface area contributed by atoms with Gasteiger partial charge in [0.25, 0.3) is 0 Å². The topological polar surface area (TPSA) is 23.5 Å². The van der Waals surface area contributed by atoms with Gasteiger partial charge in [-0.1, -0.05) is 49.6 Å². The zero-order valence-electron chi connectivity index (χ0n) is 10.5. The van der Waals surface area contributed by atoms with Crippen LogP contribution in [0.15, 0.2) is 30.3 Å². The first-order valence-electron chi connectivity index (χ1n) is 6.79. The molecular weight excluding hydrogens is 210 g/mol. The fraction of sp³-hybridized carbons (Fsp3) is 0.600. The molecular formula is C15H23NO. The van der Waals surface area contributed by atoms with E-state index >= 15 is 0 Å². The van der Waals surface area contributed by atoms with Crippen LogP contribution >= 0.6 is 0 Å². The van der Waals surface area contributed by atoms with Crippen LogP contribution in [0.3, 0.4) is 0 Å². The van der Waals surface area contributed by atoms with Crippen molar-refractivity contribution in [1.82, 2.24) is 4.90 Å². The quantitative estimate of drug-likeness (QED) is 0.845. The monoisotopic (exact) mass is 233 g/mol. The third-order valence-electron chi connectivity index (χ3n) is 3.71. The summed E-state index contributed by atoms with van der Waals surface area (Å²) < 4.78 is 0. The van der Waals surface area contributed by atoms with E-state index in [2.05, 4.69) is 35.2 Å². The van der Waals surface area contributed by atoms with Crippen LogP contribution in [0.4, 0.5) is 0 Å². The maximum Gasteiger partial charge on any atom is 0.0558 e. The second-order valence-corrected chi connectivity index (χ2v) is 4.97. The van der Waals surface area contributed by atoms with Crippen molar-refractivity contribution in [3.63, 3.8) is 0 Å². The molecule has 0 bridgehead atoms. The number of nitrogens with zero attached hydrogens (tertiary/aromatic N) is 1. The molecule has 0 aliphatic heterocycles. The molecule has 2 heteroatoms. The summed E-state index contributed by atoms with van der Waals surface area (Å²) in [5, 5.41) is 9.20. The molecule has 0 aromatic heterocycles. The first-order chi connectivity index (χ1) is 8.40. The van der Waals surface area contributed by atoms with Gasteiger partial charge in [-0.25, -0.2) is 0 Å². The Hall–Kier alpha value is -0.860. The van der Waals surface area contributed by atoms with Crippen LogP contribution in [0.25, 0.3) is 0 Å². The summed E-state index contributed by atoms with van der Waals surface area (Å²) >= 11 is 0. The Morgan fingerprint density at radius 1 is 1.06 bits per heavy atom. The molecule has 1 aliphatic rings. The minimum atomic E-state index is 0.267. The van der Waals surface area contributed by atoms with Crippen LogP contribution in [0.5, 0.6) is 0 Å². The van der Waals surface area contributed by atoms with Gasteiger partial charge in [-0.05, 0) is 18.4 Å². The number of aliphatic hydroxyl groups excluding tert-OH is 1. The molecule has 1 aromatic carbocycles. The highest BCUT2D eigenvalue weighted by Gasteiger charge is 2.20. The second kappa shape index (κ2) is 6.77. The van der Waals surface area contributed by atoms with E-state index in [1.807, 2.05) is 0 Å². The van der Waals surface area contributed by atoms with Crippen LogP contribution in [-0.4, -0.2) is 29.2 Å². The van der Waals surface area contributed by atoms with Gasteiger partial charge in [0.2, 0.25) is 0 Å². The van der Waals surface area contributed by atoms with Crippen molar-refractivity contribution in [1.29, 1.82) is 0 Å². The minimum Gasteiger partial charge on any atom is -0.395 e.